The monoisotopic (exact) mass is 224 g/mol. The zero-order valence-corrected chi connectivity index (χ0v) is 11.0. The first-order valence-electron chi connectivity index (χ1n) is 7.30. The van der Waals surface area contributed by atoms with Crippen LogP contribution in [0.1, 0.15) is 52.4 Å². The zero-order chi connectivity index (χ0) is 11.4. The summed E-state index contributed by atoms with van der Waals surface area (Å²) in [5.41, 5.74) is 0. The number of nitrogens with zero attached hydrogens (tertiary/aromatic N) is 1. The molecule has 2 atom stereocenters. The van der Waals surface area contributed by atoms with Crippen LogP contribution in [0.5, 0.6) is 0 Å². The molecule has 94 valence electrons. The first-order valence-corrected chi connectivity index (χ1v) is 7.30. The van der Waals surface area contributed by atoms with Gasteiger partial charge in [-0.1, -0.05) is 33.1 Å². The molecule has 16 heavy (non-hydrogen) atoms. The smallest absolute Gasteiger partial charge is 0.0221 e. The lowest BCUT2D eigenvalue weighted by atomic mass is 10.0. The number of nitrogens with one attached hydrogen (secondary N) is 1. The fourth-order valence-corrected chi connectivity index (χ4v) is 2.85. The van der Waals surface area contributed by atoms with E-state index in [9.17, 15) is 0 Å². The molecule has 1 heterocycles. The van der Waals surface area contributed by atoms with Crippen molar-refractivity contribution >= 4 is 0 Å². The van der Waals surface area contributed by atoms with E-state index < -0.39 is 0 Å². The van der Waals surface area contributed by atoms with Gasteiger partial charge in [0.05, 0.1) is 0 Å². The van der Waals surface area contributed by atoms with Gasteiger partial charge in [0.2, 0.25) is 0 Å². The topological polar surface area (TPSA) is 15.3 Å². The van der Waals surface area contributed by atoms with E-state index in [1.807, 2.05) is 0 Å². The molecule has 2 rings (SSSR count). The van der Waals surface area contributed by atoms with Crippen molar-refractivity contribution in [3.63, 3.8) is 0 Å². The highest BCUT2D eigenvalue weighted by Gasteiger charge is 2.28. The number of hydrogen-bond donors (Lipinski definition) is 1. The largest absolute Gasteiger partial charge is 0.311 e. The molecule has 1 aliphatic carbocycles. The van der Waals surface area contributed by atoms with E-state index in [-0.39, 0.29) is 0 Å². The molecule has 0 aromatic carbocycles. The van der Waals surface area contributed by atoms with Gasteiger partial charge in [0, 0.05) is 25.2 Å². The Bertz CT molecular complexity index is 201. The molecule has 1 saturated carbocycles. The summed E-state index contributed by atoms with van der Waals surface area (Å²) in [6, 6.07) is 1.55. The normalized spacial score (nSPS) is 31.9. The first kappa shape index (κ1) is 12.4. The molecule has 0 bridgehead atoms. The van der Waals surface area contributed by atoms with Crippen molar-refractivity contribution in [3.8, 4) is 0 Å². The Hall–Kier alpha value is -0.0800. The predicted octanol–water partition coefficient (Wildman–Crippen LogP) is 2.64. The maximum Gasteiger partial charge on any atom is 0.0221 e. The van der Waals surface area contributed by atoms with Crippen molar-refractivity contribution < 1.29 is 0 Å². The molecular formula is C14H28N2. The van der Waals surface area contributed by atoms with Crippen LogP contribution in [-0.4, -0.2) is 36.6 Å². The van der Waals surface area contributed by atoms with E-state index in [0.717, 1.165) is 18.0 Å². The zero-order valence-electron chi connectivity index (χ0n) is 11.0. The highest BCUT2D eigenvalue weighted by Crippen LogP contribution is 2.33. The van der Waals surface area contributed by atoms with Gasteiger partial charge < -0.3 is 5.32 Å². The van der Waals surface area contributed by atoms with E-state index in [4.69, 9.17) is 0 Å². The summed E-state index contributed by atoms with van der Waals surface area (Å²) >= 11 is 0. The Morgan fingerprint density at radius 2 is 2.00 bits per heavy atom. The molecule has 0 spiro atoms. The highest BCUT2D eigenvalue weighted by atomic mass is 15.2. The molecule has 2 fully saturated rings. The number of piperazine rings is 1. The molecule has 1 N–H and O–H groups in total. The van der Waals surface area contributed by atoms with Gasteiger partial charge >= 0.3 is 0 Å². The molecule has 0 aromatic heterocycles. The van der Waals surface area contributed by atoms with Crippen LogP contribution in [0.15, 0.2) is 0 Å². The summed E-state index contributed by atoms with van der Waals surface area (Å²) < 4.78 is 0. The Morgan fingerprint density at radius 3 is 2.62 bits per heavy atom. The standard InChI is InChI=1S/C14H28N2/c1-3-5-14-10-15-13(4-2)11-16(14)9-8-12-6-7-12/h12-15H,3-11H2,1-2H3. The van der Waals surface area contributed by atoms with Crippen molar-refractivity contribution in [2.24, 2.45) is 5.92 Å². The predicted molar refractivity (Wildman–Crippen MR) is 69.7 cm³/mol. The maximum absolute atomic E-state index is 3.70. The van der Waals surface area contributed by atoms with Crippen molar-refractivity contribution in [3.05, 3.63) is 0 Å². The summed E-state index contributed by atoms with van der Waals surface area (Å²) in [5.74, 6) is 1.08. The lowest BCUT2D eigenvalue weighted by molar-refractivity contribution is 0.118. The van der Waals surface area contributed by atoms with Crippen LogP contribution in [0.4, 0.5) is 0 Å². The summed E-state index contributed by atoms with van der Waals surface area (Å²) in [4.78, 5) is 2.77. The van der Waals surface area contributed by atoms with E-state index in [0.29, 0.717) is 0 Å². The second kappa shape index (κ2) is 6.02. The summed E-state index contributed by atoms with van der Waals surface area (Å²) in [7, 11) is 0. The van der Waals surface area contributed by atoms with E-state index >= 15 is 0 Å². The summed E-state index contributed by atoms with van der Waals surface area (Å²) in [6.45, 7) is 8.47. The van der Waals surface area contributed by atoms with Crippen LogP contribution >= 0.6 is 0 Å². The summed E-state index contributed by atoms with van der Waals surface area (Å²) in [5, 5.41) is 3.70. The second-order valence-corrected chi connectivity index (χ2v) is 5.68. The van der Waals surface area contributed by atoms with Gasteiger partial charge in [0.15, 0.2) is 0 Å². The SMILES string of the molecule is CCCC1CNC(CC)CN1CCC1CC1. The third-order valence-corrected chi connectivity index (χ3v) is 4.25. The van der Waals surface area contributed by atoms with Gasteiger partial charge in [-0.05, 0) is 31.7 Å². The van der Waals surface area contributed by atoms with Crippen molar-refractivity contribution in [2.45, 2.75) is 64.5 Å². The first-order chi connectivity index (χ1) is 7.83. The molecule has 2 heteroatoms. The highest BCUT2D eigenvalue weighted by molar-refractivity contribution is 4.86. The molecule has 1 aliphatic heterocycles. The Morgan fingerprint density at radius 1 is 1.19 bits per heavy atom. The minimum atomic E-state index is 0.743. The quantitative estimate of drug-likeness (QED) is 0.746. The van der Waals surface area contributed by atoms with Gasteiger partial charge in [-0.25, -0.2) is 0 Å². The minimum absolute atomic E-state index is 0.743. The van der Waals surface area contributed by atoms with Crippen LogP contribution < -0.4 is 5.32 Å². The number of hydrogen-bond acceptors (Lipinski definition) is 2. The third kappa shape index (κ3) is 3.46. The van der Waals surface area contributed by atoms with Gasteiger partial charge in [-0.15, -0.1) is 0 Å². The van der Waals surface area contributed by atoms with Crippen molar-refractivity contribution in [1.82, 2.24) is 10.2 Å². The number of rotatable bonds is 6. The average molecular weight is 224 g/mol. The Labute approximate surface area is 101 Å². The molecule has 0 aromatic rings. The van der Waals surface area contributed by atoms with Gasteiger partial charge in [-0.2, -0.15) is 0 Å². The van der Waals surface area contributed by atoms with Crippen LogP contribution in [0.3, 0.4) is 0 Å². The van der Waals surface area contributed by atoms with Gasteiger partial charge in [0.1, 0.15) is 0 Å². The molecule has 2 nitrogen and oxygen atoms in total. The molecule has 2 aliphatic rings. The Kier molecular flexibility index (Phi) is 4.66. The van der Waals surface area contributed by atoms with E-state index in [1.165, 1.54) is 58.2 Å². The maximum atomic E-state index is 3.70. The van der Waals surface area contributed by atoms with Crippen LogP contribution in [0, 0.1) is 5.92 Å². The van der Waals surface area contributed by atoms with E-state index in [2.05, 4.69) is 24.1 Å². The third-order valence-electron chi connectivity index (χ3n) is 4.25. The lowest BCUT2D eigenvalue weighted by Crippen LogP contribution is -2.56. The van der Waals surface area contributed by atoms with Crippen molar-refractivity contribution in [1.29, 1.82) is 0 Å². The fourth-order valence-electron chi connectivity index (χ4n) is 2.85. The van der Waals surface area contributed by atoms with Gasteiger partial charge in [0.25, 0.3) is 0 Å². The molecular weight excluding hydrogens is 196 g/mol. The van der Waals surface area contributed by atoms with Crippen LogP contribution in [-0.2, 0) is 0 Å². The molecule has 0 radical (unpaired) electrons. The lowest BCUT2D eigenvalue weighted by Gasteiger charge is -2.40. The van der Waals surface area contributed by atoms with Gasteiger partial charge in [-0.3, -0.25) is 4.90 Å². The van der Waals surface area contributed by atoms with Crippen LogP contribution in [0.2, 0.25) is 0 Å². The molecule has 0 amide bonds. The fraction of sp³-hybridized carbons (Fsp3) is 1.00. The Balaban J connectivity index is 1.79. The van der Waals surface area contributed by atoms with Crippen molar-refractivity contribution in [2.75, 3.05) is 19.6 Å². The average Bonchev–Trinajstić information content (AvgIpc) is 3.12. The summed E-state index contributed by atoms with van der Waals surface area (Å²) in [6.07, 6.45) is 8.43. The second-order valence-electron chi connectivity index (χ2n) is 5.68. The molecule has 2 unspecified atom stereocenters. The van der Waals surface area contributed by atoms with E-state index in [1.54, 1.807) is 0 Å². The van der Waals surface area contributed by atoms with Crippen LogP contribution in [0.25, 0.3) is 0 Å². The molecule has 1 saturated heterocycles. The minimum Gasteiger partial charge on any atom is -0.311 e.